The monoisotopic (exact) mass is 144 g/mol. The predicted octanol–water partition coefficient (Wildman–Crippen LogP) is 1.52. The van der Waals surface area contributed by atoms with Crippen LogP contribution in [0.1, 0.15) is 39.5 Å². The zero-order chi connectivity index (χ0) is 7.98. The van der Waals surface area contributed by atoms with Crippen LogP contribution in [0.2, 0.25) is 0 Å². The van der Waals surface area contributed by atoms with Gasteiger partial charge in [0.2, 0.25) is 0 Å². The molecule has 1 unspecified atom stereocenters. The zero-order valence-electron chi connectivity index (χ0n) is 6.76. The van der Waals surface area contributed by atoms with E-state index in [1.54, 1.807) is 0 Å². The Morgan fingerprint density at radius 3 is 2.30 bits per heavy atom. The van der Waals surface area contributed by atoms with Gasteiger partial charge < -0.3 is 5.11 Å². The van der Waals surface area contributed by atoms with Gasteiger partial charge in [-0.15, -0.1) is 0 Å². The molecule has 2 nitrogen and oxygen atoms in total. The Morgan fingerprint density at radius 1 is 1.40 bits per heavy atom. The van der Waals surface area contributed by atoms with Crippen molar-refractivity contribution < 1.29 is 9.90 Å². The second-order valence-electron chi connectivity index (χ2n) is 2.23. The van der Waals surface area contributed by atoms with Gasteiger partial charge in [0.1, 0.15) is 6.10 Å². The summed E-state index contributed by atoms with van der Waals surface area (Å²) >= 11 is 0. The van der Waals surface area contributed by atoms with Gasteiger partial charge in [0.15, 0.2) is 5.78 Å². The molecule has 0 bridgehead atoms. The molecular weight excluding hydrogens is 128 g/mol. The van der Waals surface area contributed by atoms with Crippen LogP contribution in [-0.4, -0.2) is 17.0 Å². The van der Waals surface area contributed by atoms with E-state index in [2.05, 4.69) is 0 Å². The number of rotatable bonds is 0. The lowest BCUT2D eigenvalue weighted by atomic mass is 9.97. The van der Waals surface area contributed by atoms with E-state index >= 15 is 0 Å². The lowest BCUT2D eigenvalue weighted by Crippen LogP contribution is -2.23. The number of Topliss-reactive ketones (excluding diaryl/α,β-unsaturated/α-hetero) is 1. The van der Waals surface area contributed by atoms with E-state index in [0.717, 1.165) is 12.8 Å². The van der Waals surface area contributed by atoms with Crippen molar-refractivity contribution in [3.05, 3.63) is 0 Å². The second kappa shape index (κ2) is 5.42. The van der Waals surface area contributed by atoms with E-state index in [0.29, 0.717) is 12.8 Å². The van der Waals surface area contributed by atoms with Crippen LogP contribution in [0, 0.1) is 0 Å². The molecule has 0 radical (unpaired) electrons. The Bertz CT molecular complexity index is 99.4. The summed E-state index contributed by atoms with van der Waals surface area (Å²) in [6.07, 6.45) is 2.60. The molecule has 0 amide bonds. The number of aliphatic hydroxyl groups excluding tert-OH is 1. The maximum Gasteiger partial charge on any atom is 0.161 e. The second-order valence-corrected chi connectivity index (χ2v) is 2.23. The van der Waals surface area contributed by atoms with Crippen molar-refractivity contribution in [2.75, 3.05) is 0 Å². The summed E-state index contributed by atoms with van der Waals surface area (Å²) in [4.78, 5) is 10.5. The third-order valence-corrected chi connectivity index (χ3v) is 1.52. The standard InChI is InChI=1S/C6H10O2.C2H6/c7-5-3-1-2-4-6(5)8;1-2/h5,7H,1-4H2;1-2H3. The van der Waals surface area contributed by atoms with E-state index in [1.807, 2.05) is 13.8 Å². The molecule has 2 heteroatoms. The number of carbonyl (C=O) groups excluding carboxylic acids is 1. The van der Waals surface area contributed by atoms with Gasteiger partial charge in [0, 0.05) is 6.42 Å². The molecule has 0 aromatic heterocycles. The molecule has 1 aliphatic carbocycles. The molecular formula is C8H16O2. The molecule has 0 saturated heterocycles. The Hall–Kier alpha value is -0.370. The third-order valence-electron chi connectivity index (χ3n) is 1.52. The summed E-state index contributed by atoms with van der Waals surface area (Å²) < 4.78 is 0. The molecule has 0 heterocycles. The molecule has 1 fully saturated rings. The molecule has 10 heavy (non-hydrogen) atoms. The highest BCUT2D eigenvalue weighted by atomic mass is 16.3. The maximum atomic E-state index is 10.5. The van der Waals surface area contributed by atoms with Crippen LogP contribution < -0.4 is 0 Å². The molecule has 0 aliphatic heterocycles. The summed E-state index contributed by atoms with van der Waals surface area (Å²) in [7, 11) is 0. The Morgan fingerprint density at radius 2 is 2.00 bits per heavy atom. The third kappa shape index (κ3) is 2.97. The van der Waals surface area contributed by atoms with Crippen molar-refractivity contribution in [2.24, 2.45) is 0 Å². The Balaban J connectivity index is 0.000000371. The molecule has 1 saturated carbocycles. The van der Waals surface area contributed by atoms with Gasteiger partial charge >= 0.3 is 0 Å². The smallest absolute Gasteiger partial charge is 0.161 e. The lowest BCUT2D eigenvalue weighted by molar-refractivity contribution is -0.129. The van der Waals surface area contributed by atoms with Crippen LogP contribution >= 0.6 is 0 Å². The minimum absolute atomic E-state index is 0.0243. The first-order valence-electron chi connectivity index (χ1n) is 4.01. The van der Waals surface area contributed by atoms with Crippen LogP contribution in [0.25, 0.3) is 0 Å². The Kier molecular flexibility index (Phi) is 5.22. The van der Waals surface area contributed by atoms with Gasteiger partial charge in [-0.2, -0.15) is 0 Å². The van der Waals surface area contributed by atoms with Crippen molar-refractivity contribution in [3.63, 3.8) is 0 Å². The summed E-state index contributed by atoms with van der Waals surface area (Å²) in [6, 6.07) is 0. The molecule has 0 aromatic rings. The Labute approximate surface area is 62.2 Å². The summed E-state index contributed by atoms with van der Waals surface area (Å²) in [6.45, 7) is 4.00. The van der Waals surface area contributed by atoms with E-state index in [1.165, 1.54) is 0 Å². The summed E-state index contributed by atoms with van der Waals surface area (Å²) in [5.41, 5.74) is 0. The normalized spacial score (nSPS) is 25.1. The number of aliphatic hydroxyl groups is 1. The van der Waals surface area contributed by atoms with Crippen LogP contribution in [-0.2, 0) is 4.79 Å². The fourth-order valence-electron chi connectivity index (χ4n) is 0.965. The van der Waals surface area contributed by atoms with Gasteiger partial charge in [-0.1, -0.05) is 13.8 Å². The molecule has 1 atom stereocenters. The number of carbonyl (C=O) groups is 1. The van der Waals surface area contributed by atoms with Crippen molar-refractivity contribution >= 4 is 5.78 Å². The molecule has 1 aliphatic rings. The minimum atomic E-state index is -0.635. The maximum absolute atomic E-state index is 10.5. The SMILES string of the molecule is CC.O=C1CCCCC1O. The summed E-state index contributed by atoms with van der Waals surface area (Å²) in [5, 5.41) is 8.83. The predicted molar refractivity (Wildman–Crippen MR) is 40.8 cm³/mol. The van der Waals surface area contributed by atoms with Crippen LogP contribution in [0.15, 0.2) is 0 Å². The van der Waals surface area contributed by atoms with Crippen molar-refractivity contribution in [1.29, 1.82) is 0 Å². The number of hydrogen-bond acceptors (Lipinski definition) is 2. The number of ketones is 1. The largest absolute Gasteiger partial charge is 0.385 e. The van der Waals surface area contributed by atoms with Crippen LogP contribution in [0.5, 0.6) is 0 Å². The lowest BCUT2D eigenvalue weighted by Gasteiger charge is -2.13. The zero-order valence-corrected chi connectivity index (χ0v) is 6.76. The summed E-state index contributed by atoms with van der Waals surface area (Å²) in [5.74, 6) is 0.0243. The van der Waals surface area contributed by atoms with Crippen molar-refractivity contribution in [1.82, 2.24) is 0 Å². The van der Waals surface area contributed by atoms with Gasteiger partial charge in [0.05, 0.1) is 0 Å². The van der Waals surface area contributed by atoms with E-state index in [4.69, 9.17) is 5.11 Å². The topological polar surface area (TPSA) is 37.3 Å². The highest BCUT2D eigenvalue weighted by Gasteiger charge is 2.18. The first-order valence-corrected chi connectivity index (χ1v) is 4.01. The van der Waals surface area contributed by atoms with Gasteiger partial charge in [0.25, 0.3) is 0 Å². The minimum Gasteiger partial charge on any atom is -0.385 e. The van der Waals surface area contributed by atoms with Gasteiger partial charge in [-0.25, -0.2) is 0 Å². The van der Waals surface area contributed by atoms with Gasteiger partial charge in [-0.05, 0) is 19.3 Å². The van der Waals surface area contributed by atoms with Crippen molar-refractivity contribution in [2.45, 2.75) is 45.6 Å². The quantitative estimate of drug-likeness (QED) is 0.559. The number of hydrogen-bond donors (Lipinski definition) is 1. The average molecular weight is 144 g/mol. The molecule has 1 rings (SSSR count). The van der Waals surface area contributed by atoms with E-state index in [-0.39, 0.29) is 5.78 Å². The average Bonchev–Trinajstić information content (AvgIpc) is 2.00. The fourth-order valence-corrected chi connectivity index (χ4v) is 0.965. The first kappa shape index (κ1) is 9.63. The highest BCUT2D eigenvalue weighted by molar-refractivity contribution is 5.83. The molecule has 0 aromatic carbocycles. The van der Waals surface area contributed by atoms with E-state index < -0.39 is 6.10 Å². The van der Waals surface area contributed by atoms with Crippen molar-refractivity contribution in [3.8, 4) is 0 Å². The highest BCUT2D eigenvalue weighted by Crippen LogP contribution is 2.13. The first-order chi connectivity index (χ1) is 4.80. The molecule has 0 spiro atoms. The van der Waals surface area contributed by atoms with Crippen LogP contribution in [0.3, 0.4) is 0 Å². The molecule has 1 N–H and O–H groups in total. The fraction of sp³-hybridized carbons (Fsp3) is 0.875. The molecule has 60 valence electrons. The van der Waals surface area contributed by atoms with E-state index in [9.17, 15) is 4.79 Å². The van der Waals surface area contributed by atoms with Crippen LogP contribution in [0.4, 0.5) is 0 Å². The van der Waals surface area contributed by atoms with Gasteiger partial charge in [-0.3, -0.25) is 4.79 Å².